The number of rotatable bonds is 2. The van der Waals surface area contributed by atoms with Crippen molar-refractivity contribution < 1.29 is 14.3 Å². The maximum atomic E-state index is 13.0. The van der Waals surface area contributed by atoms with Gasteiger partial charge in [-0.3, -0.25) is 4.68 Å². The number of aromatic nitrogens is 2. The van der Waals surface area contributed by atoms with E-state index in [-0.39, 0.29) is 11.5 Å². The molecule has 1 aromatic carbocycles. The molecule has 0 saturated heterocycles. The van der Waals surface area contributed by atoms with Gasteiger partial charge in [0.05, 0.1) is 0 Å². The SMILES string of the molecule is O=C(O)c1nn2c(c1-c1ccc(F)cc1)CCCC2. The molecule has 2 heterocycles. The minimum Gasteiger partial charge on any atom is -0.476 e. The third kappa shape index (κ3) is 2.01. The highest BCUT2D eigenvalue weighted by Crippen LogP contribution is 2.31. The van der Waals surface area contributed by atoms with Crippen molar-refractivity contribution in [2.75, 3.05) is 0 Å². The second-order valence-electron chi connectivity index (χ2n) is 4.66. The van der Waals surface area contributed by atoms with Crippen LogP contribution in [0.2, 0.25) is 0 Å². The molecule has 0 amide bonds. The molecule has 98 valence electrons. The number of fused-ring (bicyclic) bond motifs is 1. The topological polar surface area (TPSA) is 55.1 Å². The van der Waals surface area contributed by atoms with Crippen LogP contribution in [0.4, 0.5) is 4.39 Å². The summed E-state index contributed by atoms with van der Waals surface area (Å²) in [5.41, 5.74) is 2.34. The minimum atomic E-state index is -1.04. The number of aromatic carboxylic acids is 1. The monoisotopic (exact) mass is 260 g/mol. The van der Waals surface area contributed by atoms with Gasteiger partial charge in [0.1, 0.15) is 5.82 Å². The summed E-state index contributed by atoms with van der Waals surface area (Å²) in [4.78, 5) is 11.3. The Kier molecular flexibility index (Phi) is 2.81. The Hall–Kier alpha value is -2.17. The van der Waals surface area contributed by atoms with Crippen LogP contribution in [0.15, 0.2) is 24.3 Å². The van der Waals surface area contributed by atoms with Crippen molar-refractivity contribution in [3.05, 3.63) is 41.5 Å². The quantitative estimate of drug-likeness (QED) is 0.903. The van der Waals surface area contributed by atoms with Crippen LogP contribution >= 0.6 is 0 Å². The van der Waals surface area contributed by atoms with Gasteiger partial charge in [0.2, 0.25) is 0 Å². The average Bonchev–Trinajstić information content (AvgIpc) is 2.79. The molecule has 0 atom stereocenters. The van der Waals surface area contributed by atoms with E-state index in [0.29, 0.717) is 11.1 Å². The number of benzene rings is 1. The van der Waals surface area contributed by atoms with Gasteiger partial charge in [-0.15, -0.1) is 0 Å². The highest BCUT2D eigenvalue weighted by Gasteiger charge is 2.25. The lowest BCUT2D eigenvalue weighted by Crippen LogP contribution is -2.11. The van der Waals surface area contributed by atoms with Crippen molar-refractivity contribution in [2.24, 2.45) is 0 Å². The van der Waals surface area contributed by atoms with Crippen LogP contribution < -0.4 is 0 Å². The molecule has 0 aliphatic carbocycles. The molecular weight excluding hydrogens is 247 g/mol. The van der Waals surface area contributed by atoms with E-state index in [2.05, 4.69) is 5.10 Å². The number of aryl methyl sites for hydroxylation is 1. The molecule has 2 aromatic rings. The summed E-state index contributed by atoms with van der Waals surface area (Å²) in [5.74, 6) is -1.37. The number of carbonyl (C=O) groups is 1. The Bertz CT molecular complexity index is 632. The first-order chi connectivity index (χ1) is 9.16. The van der Waals surface area contributed by atoms with Gasteiger partial charge in [0.25, 0.3) is 0 Å². The van der Waals surface area contributed by atoms with E-state index in [9.17, 15) is 14.3 Å². The first-order valence-electron chi connectivity index (χ1n) is 6.26. The van der Waals surface area contributed by atoms with E-state index in [0.717, 1.165) is 31.5 Å². The molecule has 1 aromatic heterocycles. The normalized spacial score (nSPS) is 14.2. The van der Waals surface area contributed by atoms with Crippen molar-refractivity contribution in [1.82, 2.24) is 9.78 Å². The molecule has 0 saturated carbocycles. The largest absolute Gasteiger partial charge is 0.476 e. The number of hydrogen-bond donors (Lipinski definition) is 1. The van der Waals surface area contributed by atoms with Gasteiger partial charge >= 0.3 is 5.97 Å². The van der Waals surface area contributed by atoms with E-state index in [1.54, 1.807) is 16.8 Å². The Morgan fingerprint density at radius 1 is 1.26 bits per heavy atom. The van der Waals surface area contributed by atoms with Crippen LogP contribution in [0, 0.1) is 5.82 Å². The zero-order valence-corrected chi connectivity index (χ0v) is 10.3. The van der Waals surface area contributed by atoms with Crippen molar-refractivity contribution in [1.29, 1.82) is 0 Å². The van der Waals surface area contributed by atoms with Crippen LogP contribution in [-0.2, 0) is 13.0 Å². The Labute approximate surface area is 109 Å². The number of halogens is 1. The summed E-state index contributed by atoms with van der Waals surface area (Å²) in [6.45, 7) is 0.747. The third-order valence-corrected chi connectivity index (χ3v) is 3.43. The molecule has 1 aliphatic heterocycles. The van der Waals surface area contributed by atoms with Crippen molar-refractivity contribution in [3.8, 4) is 11.1 Å². The number of carboxylic acids is 1. The van der Waals surface area contributed by atoms with Gasteiger partial charge in [-0.2, -0.15) is 5.10 Å². The second-order valence-corrected chi connectivity index (χ2v) is 4.66. The molecule has 0 spiro atoms. The predicted molar refractivity (Wildman–Crippen MR) is 67.5 cm³/mol. The average molecular weight is 260 g/mol. The molecule has 0 unspecified atom stereocenters. The first-order valence-corrected chi connectivity index (χ1v) is 6.26. The van der Waals surface area contributed by atoms with E-state index in [1.807, 2.05) is 0 Å². The van der Waals surface area contributed by atoms with Crippen LogP contribution in [0.1, 0.15) is 29.0 Å². The van der Waals surface area contributed by atoms with Gasteiger partial charge in [-0.1, -0.05) is 12.1 Å². The van der Waals surface area contributed by atoms with Crippen LogP contribution in [0.3, 0.4) is 0 Å². The summed E-state index contributed by atoms with van der Waals surface area (Å²) in [6.07, 6.45) is 2.85. The maximum absolute atomic E-state index is 13.0. The van der Waals surface area contributed by atoms with Crippen LogP contribution in [0.5, 0.6) is 0 Å². The maximum Gasteiger partial charge on any atom is 0.357 e. The summed E-state index contributed by atoms with van der Waals surface area (Å²) in [6, 6.07) is 5.89. The molecule has 19 heavy (non-hydrogen) atoms. The first kappa shape index (κ1) is 11.9. The van der Waals surface area contributed by atoms with E-state index in [1.165, 1.54) is 12.1 Å². The summed E-state index contributed by atoms with van der Waals surface area (Å²) in [5, 5.41) is 13.5. The van der Waals surface area contributed by atoms with E-state index < -0.39 is 5.97 Å². The summed E-state index contributed by atoms with van der Waals surface area (Å²) in [7, 11) is 0. The van der Waals surface area contributed by atoms with E-state index >= 15 is 0 Å². The highest BCUT2D eigenvalue weighted by atomic mass is 19.1. The van der Waals surface area contributed by atoms with Gasteiger partial charge < -0.3 is 5.11 Å². The fraction of sp³-hybridized carbons (Fsp3) is 0.286. The van der Waals surface area contributed by atoms with Gasteiger partial charge in [-0.05, 0) is 37.0 Å². The van der Waals surface area contributed by atoms with Gasteiger partial charge in [-0.25, -0.2) is 9.18 Å². The molecule has 5 heteroatoms. The summed E-state index contributed by atoms with van der Waals surface area (Å²) >= 11 is 0. The van der Waals surface area contributed by atoms with Crippen molar-refractivity contribution >= 4 is 5.97 Å². The number of nitrogens with zero attached hydrogens (tertiary/aromatic N) is 2. The lowest BCUT2D eigenvalue weighted by Gasteiger charge is -2.14. The zero-order valence-electron chi connectivity index (χ0n) is 10.3. The van der Waals surface area contributed by atoms with Gasteiger partial charge in [0, 0.05) is 17.8 Å². The molecule has 0 fully saturated rings. The van der Waals surface area contributed by atoms with E-state index in [4.69, 9.17) is 0 Å². The molecular formula is C14H13FN2O2. The Morgan fingerprint density at radius 2 is 2.00 bits per heavy atom. The number of hydrogen-bond acceptors (Lipinski definition) is 2. The Balaban J connectivity index is 2.20. The summed E-state index contributed by atoms with van der Waals surface area (Å²) < 4.78 is 14.8. The lowest BCUT2D eigenvalue weighted by atomic mass is 9.98. The van der Waals surface area contributed by atoms with Crippen LogP contribution in [-0.4, -0.2) is 20.9 Å². The molecule has 0 radical (unpaired) electrons. The lowest BCUT2D eigenvalue weighted by molar-refractivity contribution is 0.0690. The molecule has 1 N–H and O–H groups in total. The fourth-order valence-electron chi connectivity index (χ4n) is 2.56. The Morgan fingerprint density at radius 3 is 2.68 bits per heavy atom. The van der Waals surface area contributed by atoms with Crippen molar-refractivity contribution in [3.63, 3.8) is 0 Å². The fourth-order valence-corrected chi connectivity index (χ4v) is 2.56. The smallest absolute Gasteiger partial charge is 0.357 e. The number of carboxylic acid groups (broad SMARTS) is 1. The molecule has 4 nitrogen and oxygen atoms in total. The standard InChI is InChI=1S/C14H13FN2O2/c15-10-6-4-9(5-7-10)12-11-3-1-2-8-17(11)16-13(12)14(18)19/h4-7H,1-3,8H2,(H,18,19). The highest BCUT2D eigenvalue weighted by molar-refractivity contribution is 5.94. The van der Waals surface area contributed by atoms with Gasteiger partial charge in [0.15, 0.2) is 5.69 Å². The van der Waals surface area contributed by atoms with Crippen molar-refractivity contribution in [2.45, 2.75) is 25.8 Å². The zero-order chi connectivity index (χ0) is 13.4. The van der Waals surface area contributed by atoms with Crippen LogP contribution in [0.25, 0.3) is 11.1 Å². The minimum absolute atomic E-state index is 0.0588. The predicted octanol–water partition coefficient (Wildman–Crippen LogP) is 2.72. The third-order valence-electron chi connectivity index (χ3n) is 3.43. The molecule has 1 aliphatic rings. The molecule has 3 rings (SSSR count). The molecule has 0 bridgehead atoms. The second kappa shape index (κ2) is 4.50.